The number of nitrogens with zero attached hydrogens (tertiary/aromatic N) is 1. The van der Waals surface area contributed by atoms with E-state index in [4.69, 9.17) is 11.6 Å². The molecule has 0 aliphatic carbocycles. The van der Waals surface area contributed by atoms with Gasteiger partial charge in [0, 0.05) is 11.4 Å². The first-order valence-corrected chi connectivity index (χ1v) is 4.71. The Morgan fingerprint density at radius 2 is 2.25 bits per heavy atom. The summed E-state index contributed by atoms with van der Waals surface area (Å²) in [4.78, 5) is 1.77. The van der Waals surface area contributed by atoms with E-state index >= 15 is 0 Å². The van der Waals surface area contributed by atoms with Crippen LogP contribution in [0, 0.1) is 0 Å². The van der Waals surface area contributed by atoms with E-state index in [0.29, 0.717) is 0 Å². The van der Waals surface area contributed by atoms with E-state index in [1.807, 2.05) is 6.92 Å². The molecule has 1 saturated heterocycles. The van der Waals surface area contributed by atoms with Gasteiger partial charge in [-0.25, -0.2) is 8.78 Å². The molecular formula is C8H14ClF2N. The Labute approximate surface area is 76.7 Å². The fourth-order valence-electron chi connectivity index (χ4n) is 1.60. The van der Waals surface area contributed by atoms with Crippen LogP contribution in [0.15, 0.2) is 0 Å². The lowest BCUT2D eigenvalue weighted by atomic mass is 10.0. The number of halogens is 3. The van der Waals surface area contributed by atoms with Gasteiger partial charge in [-0.3, -0.25) is 4.90 Å². The molecule has 0 aromatic rings. The van der Waals surface area contributed by atoms with Crippen LogP contribution in [0.2, 0.25) is 0 Å². The Kier molecular flexibility index (Phi) is 3.72. The zero-order chi connectivity index (χ0) is 9.14. The molecule has 0 aromatic heterocycles. The van der Waals surface area contributed by atoms with Crippen LogP contribution >= 0.6 is 11.6 Å². The van der Waals surface area contributed by atoms with Gasteiger partial charge in [0.15, 0.2) is 0 Å². The molecule has 0 saturated carbocycles. The van der Waals surface area contributed by atoms with Crippen molar-refractivity contribution in [3.8, 4) is 0 Å². The summed E-state index contributed by atoms with van der Waals surface area (Å²) in [5.41, 5.74) is 0. The fraction of sp³-hybridized carbons (Fsp3) is 1.00. The van der Waals surface area contributed by atoms with E-state index in [0.717, 1.165) is 19.4 Å². The van der Waals surface area contributed by atoms with Crippen molar-refractivity contribution in [2.75, 3.05) is 13.1 Å². The van der Waals surface area contributed by atoms with Crippen LogP contribution in [-0.2, 0) is 0 Å². The van der Waals surface area contributed by atoms with Gasteiger partial charge >= 0.3 is 0 Å². The summed E-state index contributed by atoms with van der Waals surface area (Å²) in [5, 5.41) is 0.0394. The Bertz CT molecular complexity index is 143. The molecule has 1 aliphatic rings. The Balaban J connectivity index is 2.41. The molecule has 1 aliphatic heterocycles. The average molecular weight is 198 g/mol. The molecule has 0 spiro atoms. The highest BCUT2D eigenvalue weighted by atomic mass is 35.5. The molecule has 0 amide bonds. The normalized spacial score (nSPS) is 32.8. The average Bonchev–Trinajstić information content (AvgIpc) is 1.98. The van der Waals surface area contributed by atoms with Crippen molar-refractivity contribution in [2.24, 2.45) is 0 Å². The lowest BCUT2D eigenvalue weighted by Crippen LogP contribution is -2.46. The lowest BCUT2D eigenvalue weighted by Gasteiger charge is -2.36. The molecule has 2 atom stereocenters. The summed E-state index contributed by atoms with van der Waals surface area (Å²) in [7, 11) is 0. The molecular weight excluding hydrogens is 184 g/mol. The van der Waals surface area contributed by atoms with E-state index in [2.05, 4.69) is 0 Å². The lowest BCUT2D eigenvalue weighted by molar-refractivity contribution is 0.0560. The molecule has 1 heterocycles. The van der Waals surface area contributed by atoms with Crippen molar-refractivity contribution in [3.05, 3.63) is 0 Å². The van der Waals surface area contributed by atoms with E-state index < -0.39 is 6.43 Å². The SMILES string of the molecule is CC1C(Cl)CCCN1CC(F)F. The van der Waals surface area contributed by atoms with Crippen LogP contribution in [0.3, 0.4) is 0 Å². The van der Waals surface area contributed by atoms with E-state index in [1.54, 1.807) is 4.90 Å². The molecule has 0 radical (unpaired) electrons. The molecule has 0 N–H and O–H groups in total. The van der Waals surface area contributed by atoms with Gasteiger partial charge in [0.1, 0.15) is 0 Å². The quantitative estimate of drug-likeness (QED) is 0.615. The van der Waals surface area contributed by atoms with Crippen molar-refractivity contribution in [3.63, 3.8) is 0 Å². The number of piperidine rings is 1. The largest absolute Gasteiger partial charge is 0.294 e. The topological polar surface area (TPSA) is 3.24 Å². The second kappa shape index (κ2) is 4.38. The molecule has 2 unspecified atom stereocenters. The summed E-state index contributed by atoms with van der Waals surface area (Å²) in [5.74, 6) is 0. The predicted molar refractivity (Wildman–Crippen MR) is 45.9 cm³/mol. The Morgan fingerprint density at radius 1 is 1.58 bits per heavy atom. The van der Waals surface area contributed by atoms with Crippen LogP contribution < -0.4 is 0 Å². The highest BCUT2D eigenvalue weighted by molar-refractivity contribution is 6.21. The zero-order valence-corrected chi connectivity index (χ0v) is 7.90. The van der Waals surface area contributed by atoms with Crippen LogP contribution in [0.5, 0.6) is 0 Å². The first kappa shape index (κ1) is 10.2. The third-order valence-electron chi connectivity index (χ3n) is 2.40. The molecule has 1 nitrogen and oxygen atoms in total. The molecule has 4 heteroatoms. The second-order valence-corrected chi connectivity index (χ2v) is 3.85. The van der Waals surface area contributed by atoms with Gasteiger partial charge in [-0.2, -0.15) is 0 Å². The third kappa shape index (κ3) is 2.56. The highest BCUT2D eigenvalue weighted by Crippen LogP contribution is 2.22. The molecule has 0 aromatic carbocycles. The Hall–Kier alpha value is 0.110. The van der Waals surface area contributed by atoms with Gasteiger partial charge < -0.3 is 0 Å². The summed E-state index contributed by atoms with van der Waals surface area (Å²) < 4.78 is 24.1. The molecule has 1 fully saturated rings. The minimum absolute atomic E-state index is 0.0394. The van der Waals surface area contributed by atoms with Gasteiger partial charge in [0.25, 0.3) is 6.43 Å². The molecule has 12 heavy (non-hydrogen) atoms. The molecule has 0 bridgehead atoms. The summed E-state index contributed by atoms with van der Waals surface area (Å²) >= 11 is 5.96. The smallest absolute Gasteiger partial charge is 0.251 e. The number of alkyl halides is 3. The summed E-state index contributed by atoms with van der Waals surface area (Å²) in [6.45, 7) is 2.54. The number of hydrogen-bond donors (Lipinski definition) is 0. The van der Waals surface area contributed by atoms with Crippen LogP contribution in [0.4, 0.5) is 8.78 Å². The van der Waals surface area contributed by atoms with Gasteiger partial charge in [0.05, 0.1) is 6.54 Å². The maximum absolute atomic E-state index is 12.0. The van der Waals surface area contributed by atoms with Crippen molar-refractivity contribution >= 4 is 11.6 Å². The number of hydrogen-bond acceptors (Lipinski definition) is 1. The maximum atomic E-state index is 12.0. The van der Waals surface area contributed by atoms with E-state index in [-0.39, 0.29) is 18.0 Å². The van der Waals surface area contributed by atoms with Crippen molar-refractivity contribution < 1.29 is 8.78 Å². The van der Waals surface area contributed by atoms with Crippen LogP contribution in [0.25, 0.3) is 0 Å². The monoisotopic (exact) mass is 197 g/mol. The van der Waals surface area contributed by atoms with Crippen molar-refractivity contribution in [1.82, 2.24) is 4.90 Å². The van der Waals surface area contributed by atoms with Crippen molar-refractivity contribution in [2.45, 2.75) is 37.6 Å². The van der Waals surface area contributed by atoms with Crippen molar-refractivity contribution in [1.29, 1.82) is 0 Å². The molecule has 72 valence electrons. The van der Waals surface area contributed by atoms with Gasteiger partial charge in [-0.15, -0.1) is 11.6 Å². The number of likely N-dealkylation sites (tertiary alicyclic amines) is 1. The minimum Gasteiger partial charge on any atom is -0.294 e. The minimum atomic E-state index is -2.24. The summed E-state index contributed by atoms with van der Waals surface area (Å²) in [6.07, 6.45) is -0.359. The van der Waals surface area contributed by atoms with E-state index in [9.17, 15) is 8.78 Å². The van der Waals surface area contributed by atoms with Gasteiger partial charge in [0.2, 0.25) is 0 Å². The Morgan fingerprint density at radius 3 is 2.83 bits per heavy atom. The van der Waals surface area contributed by atoms with Crippen LogP contribution in [-0.4, -0.2) is 35.8 Å². The van der Waals surface area contributed by atoms with Crippen LogP contribution in [0.1, 0.15) is 19.8 Å². The first-order valence-electron chi connectivity index (χ1n) is 4.27. The third-order valence-corrected chi connectivity index (χ3v) is 2.98. The molecule has 1 rings (SSSR count). The number of rotatable bonds is 2. The highest BCUT2D eigenvalue weighted by Gasteiger charge is 2.27. The standard InChI is InChI=1S/C8H14ClF2N/c1-6-7(9)3-2-4-12(6)5-8(10)11/h6-8H,2-5H2,1H3. The van der Waals surface area contributed by atoms with Gasteiger partial charge in [-0.05, 0) is 26.3 Å². The zero-order valence-electron chi connectivity index (χ0n) is 7.14. The first-order chi connectivity index (χ1) is 5.61. The predicted octanol–water partition coefficient (Wildman–Crippen LogP) is 2.34. The van der Waals surface area contributed by atoms with E-state index in [1.165, 1.54) is 0 Å². The fourth-order valence-corrected chi connectivity index (χ4v) is 1.91. The van der Waals surface area contributed by atoms with Gasteiger partial charge in [-0.1, -0.05) is 0 Å². The summed E-state index contributed by atoms with van der Waals surface area (Å²) in [6, 6.07) is 0.0921. The second-order valence-electron chi connectivity index (χ2n) is 3.28. The maximum Gasteiger partial charge on any atom is 0.251 e.